The van der Waals surface area contributed by atoms with Crippen LogP contribution in [0.5, 0.6) is 0 Å². The molecule has 0 saturated heterocycles. The van der Waals surface area contributed by atoms with Crippen molar-refractivity contribution in [3.63, 3.8) is 0 Å². The summed E-state index contributed by atoms with van der Waals surface area (Å²) in [7, 11) is 1.90. The number of hydrogen-bond donors (Lipinski definition) is 1. The summed E-state index contributed by atoms with van der Waals surface area (Å²) >= 11 is 0. The standard InChI is InChI=1S/C17H26N2O/c1-19(13-16-9-7-15(12-18)8-10-16)17(20)11-14-5-3-2-4-6-14/h7-10,14H,2-6,11-13,18H2,1H3. The van der Waals surface area contributed by atoms with Crippen LogP contribution in [0.25, 0.3) is 0 Å². The van der Waals surface area contributed by atoms with Gasteiger partial charge >= 0.3 is 0 Å². The maximum absolute atomic E-state index is 12.2. The summed E-state index contributed by atoms with van der Waals surface area (Å²) in [5.74, 6) is 0.887. The summed E-state index contributed by atoms with van der Waals surface area (Å²) in [5, 5.41) is 0. The van der Waals surface area contributed by atoms with Crippen molar-refractivity contribution in [1.82, 2.24) is 4.90 Å². The van der Waals surface area contributed by atoms with Crippen molar-refractivity contribution in [2.24, 2.45) is 11.7 Å². The number of amides is 1. The summed E-state index contributed by atoms with van der Waals surface area (Å²) in [6, 6.07) is 8.20. The van der Waals surface area contributed by atoms with Crippen LogP contribution in [0, 0.1) is 5.92 Å². The van der Waals surface area contributed by atoms with Gasteiger partial charge in [-0.25, -0.2) is 0 Å². The second-order valence-electron chi connectivity index (χ2n) is 5.98. The number of carbonyl (C=O) groups excluding carboxylic acids is 1. The zero-order chi connectivity index (χ0) is 14.4. The van der Waals surface area contributed by atoms with Crippen molar-refractivity contribution in [3.8, 4) is 0 Å². The third-order valence-corrected chi connectivity index (χ3v) is 4.29. The number of rotatable bonds is 5. The summed E-state index contributed by atoms with van der Waals surface area (Å²) in [6.45, 7) is 1.26. The molecule has 0 bridgehead atoms. The largest absolute Gasteiger partial charge is 0.341 e. The lowest BCUT2D eigenvalue weighted by Crippen LogP contribution is -2.28. The van der Waals surface area contributed by atoms with Crippen LogP contribution in [0.15, 0.2) is 24.3 Å². The van der Waals surface area contributed by atoms with E-state index in [1.807, 2.05) is 24.1 Å². The van der Waals surface area contributed by atoms with Gasteiger partial charge in [-0.3, -0.25) is 4.79 Å². The molecule has 1 aliphatic rings. The zero-order valence-electron chi connectivity index (χ0n) is 12.5. The van der Waals surface area contributed by atoms with Crippen molar-refractivity contribution >= 4 is 5.91 Å². The molecule has 110 valence electrons. The number of hydrogen-bond acceptors (Lipinski definition) is 2. The van der Waals surface area contributed by atoms with E-state index in [0.29, 0.717) is 19.0 Å². The van der Waals surface area contributed by atoms with Gasteiger partial charge < -0.3 is 10.6 Å². The van der Waals surface area contributed by atoms with Crippen LogP contribution in [0.4, 0.5) is 0 Å². The van der Waals surface area contributed by atoms with Gasteiger partial charge in [-0.15, -0.1) is 0 Å². The Balaban J connectivity index is 1.83. The fraction of sp³-hybridized carbons (Fsp3) is 0.588. The number of nitrogens with zero attached hydrogens (tertiary/aromatic N) is 1. The maximum Gasteiger partial charge on any atom is 0.222 e. The fourth-order valence-electron chi connectivity index (χ4n) is 2.94. The minimum atomic E-state index is 0.278. The monoisotopic (exact) mass is 274 g/mol. The number of nitrogens with two attached hydrogens (primary N) is 1. The summed E-state index contributed by atoms with van der Waals surface area (Å²) in [4.78, 5) is 14.1. The summed E-state index contributed by atoms with van der Waals surface area (Å²) < 4.78 is 0. The van der Waals surface area contributed by atoms with Gasteiger partial charge in [0.2, 0.25) is 5.91 Å². The van der Waals surface area contributed by atoms with E-state index in [9.17, 15) is 4.79 Å². The molecule has 1 aromatic carbocycles. The third-order valence-electron chi connectivity index (χ3n) is 4.29. The molecular formula is C17H26N2O. The highest BCUT2D eigenvalue weighted by Crippen LogP contribution is 2.26. The Morgan fingerprint density at radius 3 is 2.35 bits per heavy atom. The molecule has 0 radical (unpaired) electrons. The van der Waals surface area contributed by atoms with Gasteiger partial charge in [0.15, 0.2) is 0 Å². The van der Waals surface area contributed by atoms with Crippen LogP contribution in [0.3, 0.4) is 0 Å². The molecule has 0 aliphatic heterocycles. The van der Waals surface area contributed by atoms with Crippen molar-refractivity contribution in [2.75, 3.05) is 7.05 Å². The topological polar surface area (TPSA) is 46.3 Å². The Morgan fingerprint density at radius 1 is 1.15 bits per heavy atom. The highest BCUT2D eigenvalue weighted by molar-refractivity contribution is 5.76. The lowest BCUT2D eigenvalue weighted by molar-refractivity contribution is -0.131. The third kappa shape index (κ3) is 4.34. The van der Waals surface area contributed by atoms with Gasteiger partial charge in [-0.05, 0) is 29.9 Å². The second kappa shape index (κ2) is 7.44. The van der Waals surface area contributed by atoms with Crippen LogP contribution in [-0.2, 0) is 17.9 Å². The maximum atomic E-state index is 12.2. The predicted molar refractivity (Wildman–Crippen MR) is 82.0 cm³/mol. The molecule has 1 amide bonds. The SMILES string of the molecule is CN(Cc1ccc(CN)cc1)C(=O)CC1CCCCC1. The Kier molecular flexibility index (Phi) is 5.60. The highest BCUT2D eigenvalue weighted by atomic mass is 16.2. The first-order valence-corrected chi connectivity index (χ1v) is 7.71. The van der Waals surface area contributed by atoms with E-state index in [-0.39, 0.29) is 5.91 Å². The van der Waals surface area contributed by atoms with E-state index in [2.05, 4.69) is 12.1 Å². The summed E-state index contributed by atoms with van der Waals surface area (Å²) in [5.41, 5.74) is 7.89. The van der Waals surface area contributed by atoms with Crippen molar-refractivity contribution in [1.29, 1.82) is 0 Å². The van der Waals surface area contributed by atoms with Crippen LogP contribution < -0.4 is 5.73 Å². The normalized spacial score (nSPS) is 16.1. The molecular weight excluding hydrogens is 248 g/mol. The molecule has 1 aromatic rings. The lowest BCUT2D eigenvalue weighted by atomic mass is 9.86. The first kappa shape index (κ1) is 15.0. The zero-order valence-corrected chi connectivity index (χ0v) is 12.5. The van der Waals surface area contributed by atoms with Crippen molar-refractivity contribution < 1.29 is 4.79 Å². The second-order valence-corrected chi connectivity index (χ2v) is 5.98. The molecule has 0 atom stereocenters. The molecule has 2 N–H and O–H groups in total. The average molecular weight is 274 g/mol. The van der Waals surface area contributed by atoms with Crippen LogP contribution in [0.1, 0.15) is 49.7 Å². The molecule has 3 nitrogen and oxygen atoms in total. The molecule has 0 heterocycles. The minimum absolute atomic E-state index is 0.278. The smallest absolute Gasteiger partial charge is 0.222 e. The Morgan fingerprint density at radius 2 is 1.75 bits per heavy atom. The molecule has 1 saturated carbocycles. The van der Waals surface area contributed by atoms with Crippen molar-refractivity contribution in [2.45, 2.75) is 51.6 Å². The molecule has 1 aliphatic carbocycles. The average Bonchev–Trinajstić information content (AvgIpc) is 2.49. The first-order chi connectivity index (χ1) is 9.69. The van der Waals surface area contributed by atoms with E-state index in [0.717, 1.165) is 12.0 Å². The Hall–Kier alpha value is -1.35. The van der Waals surface area contributed by atoms with Gasteiger partial charge in [0, 0.05) is 26.6 Å². The molecule has 1 fully saturated rings. The van der Waals surface area contributed by atoms with Crippen LogP contribution in [0.2, 0.25) is 0 Å². The van der Waals surface area contributed by atoms with E-state index in [1.165, 1.54) is 37.7 Å². The number of carbonyl (C=O) groups is 1. The van der Waals surface area contributed by atoms with Gasteiger partial charge in [-0.1, -0.05) is 43.5 Å². The predicted octanol–water partition coefficient (Wildman–Crippen LogP) is 3.07. The van der Waals surface area contributed by atoms with E-state index < -0.39 is 0 Å². The molecule has 3 heteroatoms. The molecule has 0 unspecified atom stereocenters. The quantitative estimate of drug-likeness (QED) is 0.897. The van der Waals surface area contributed by atoms with Gasteiger partial charge in [0.05, 0.1) is 0 Å². The highest BCUT2D eigenvalue weighted by Gasteiger charge is 2.19. The van der Waals surface area contributed by atoms with Crippen LogP contribution in [-0.4, -0.2) is 17.9 Å². The fourth-order valence-corrected chi connectivity index (χ4v) is 2.94. The first-order valence-electron chi connectivity index (χ1n) is 7.71. The number of benzene rings is 1. The molecule has 2 rings (SSSR count). The minimum Gasteiger partial charge on any atom is -0.341 e. The van der Waals surface area contributed by atoms with Crippen molar-refractivity contribution in [3.05, 3.63) is 35.4 Å². The molecule has 0 spiro atoms. The van der Waals surface area contributed by atoms with Gasteiger partial charge in [0.1, 0.15) is 0 Å². The Bertz CT molecular complexity index is 421. The molecule has 0 aromatic heterocycles. The van der Waals surface area contributed by atoms with E-state index in [1.54, 1.807) is 0 Å². The van der Waals surface area contributed by atoms with E-state index in [4.69, 9.17) is 5.73 Å². The van der Waals surface area contributed by atoms with Gasteiger partial charge in [-0.2, -0.15) is 0 Å². The van der Waals surface area contributed by atoms with Gasteiger partial charge in [0.25, 0.3) is 0 Å². The van der Waals surface area contributed by atoms with Crippen LogP contribution >= 0.6 is 0 Å². The summed E-state index contributed by atoms with van der Waals surface area (Å²) in [6.07, 6.45) is 7.10. The molecule has 20 heavy (non-hydrogen) atoms. The Labute approximate surface area is 122 Å². The van der Waals surface area contributed by atoms with E-state index >= 15 is 0 Å². The lowest BCUT2D eigenvalue weighted by Gasteiger charge is -2.24.